The molecule has 4 heteroatoms. The van der Waals surface area contributed by atoms with Crippen LogP contribution in [0.15, 0.2) is 18.2 Å². The Kier molecular flexibility index (Phi) is 4.02. The van der Waals surface area contributed by atoms with E-state index in [0.29, 0.717) is 6.54 Å². The van der Waals surface area contributed by atoms with Crippen molar-refractivity contribution in [1.82, 2.24) is 0 Å². The molecule has 1 aliphatic carbocycles. The van der Waals surface area contributed by atoms with Crippen molar-refractivity contribution in [2.24, 2.45) is 5.73 Å². The van der Waals surface area contributed by atoms with Gasteiger partial charge in [0, 0.05) is 37.0 Å². The van der Waals surface area contributed by atoms with E-state index in [2.05, 4.69) is 0 Å². The zero-order chi connectivity index (χ0) is 14.0. The third-order valence-corrected chi connectivity index (χ3v) is 4.01. The Bertz CT molecular complexity index is 440. The number of nitrogens with zero attached hydrogens (tertiary/aromatic N) is 1. The van der Waals surface area contributed by atoms with Crippen LogP contribution in [0.1, 0.15) is 44.2 Å². The summed E-state index contributed by atoms with van der Waals surface area (Å²) in [5, 5.41) is 20.4. The predicted octanol–water partition coefficient (Wildman–Crippen LogP) is 2.15. The first-order valence-corrected chi connectivity index (χ1v) is 6.93. The topological polar surface area (TPSA) is 69.7 Å². The largest absolute Gasteiger partial charge is 0.508 e. The molecule has 0 aliphatic heterocycles. The SMILES string of the molecule is CC(N)c1ccc(N(C)CC2(O)CCCC2)cc1O. The van der Waals surface area contributed by atoms with Crippen molar-refractivity contribution in [3.63, 3.8) is 0 Å². The molecule has 106 valence electrons. The van der Waals surface area contributed by atoms with E-state index in [1.807, 2.05) is 31.0 Å². The first-order chi connectivity index (χ1) is 8.91. The monoisotopic (exact) mass is 264 g/mol. The summed E-state index contributed by atoms with van der Waals surface area (Å²) in [6.45, 7) is 2.45. The van der Waals surface area contributed by atoms with Gasteiger partial charge in [-0.3, -0.25) is 0 Å². The molecule has 1 atom stereocenters. The lowest BCUT2D eigenvalue weighted by Gasteiger charge is -2.30. The molecule has 1 unspecified atom stereocenters. The molecule has 1 aromatic rings. The summed E-state index contributed by atoms with van der Waals surface area (Å²) in [5.41, 5.74) is 6.85. The number of nitrogens with two attached hydrogens (primary N) is 1. The fraction of sp³-hybridized carbons (Fsp3) is 0.600. The molecule has 0 amide bonds. The lowest BCUT2D eigenvalue weighted by atomic mass is 10.0. The highest BCUT2D eigenvalue weighted by Crippen LogP contribution is 2.33. The smallest absolute Gasteiger partial charge is 0.122 e. The molecule has 0 aromatic heterocycles. The molecule has 19 heavy (non-hydrogen) atoms. The van der Waals surface area contributed by atoms with E-state index in [1.165, 1.54) is 0 Å². The minimum Gasteiger partial charge on any atom is -0.508 e. The molecule has 0 saturated heterocycles. The molecule has 0 bridgehead atoms. The van der Waals surface area contributed by atoms with Crippen LogP contribution in [0.5, 0.6) is 5.75 Å². The Morgan fingerprint density at radius 2 is 2.00 bits per heavy atom. The summed E-state index contributed by atoms with van der Waals surface area (Å²) in [5.74, 6) is 0.220. The van der Waals surface area contributed by atoms with Crippen molar-refractivity contribution >= 4 is 5.69 Å². The van der Waals surface area contributed by atoms with E-state index in [4.69, 9.17) is 5.73 Å². The van der Waals surface area contributed by atoms with E-state index >= 15 is 0 Å². The molecular formula is C15H24N2O2. The molecule has 1 fully saturated rings. The Hall–Kier alpha value is -1.26. The fourth-order valence-electron chi connectivity index (χ4n) is 2.88. The molecule has 1 aliphatic rings. The van der Waals surface area contributed by atoms with Gasteiger partial charge in [0.25, 0.3) is 0 Å². The number of hydrogen-bond acceptors (Lipinski definition) is 4. The minimum atomic E-state index is -0.579. The minimum absolute atomic E-state index is 0.182. The third kappa shape index (κ3) is 3.19. The van der Waals surface area contributed by atoms with Gasteiger partial charge in [0.1, 0.15) is 5.75 Å². The molecule has 4 nitrogen and oxygen atoms in total. The first-order valence-electron chi connectivity index (χ1n) is 6.93. The number of hydrogen-bond donors (Lipinski definition) is 3. The van der Waals surface area contributed by atoms with Crippen molar-refractivity contribution in [1.29, 1.82) is 0 Å². The van der Waals surface area contributed by atoms with Crippen LogP contribution in [0.2, 0.25) is 0 Å². The van der Waals surface area contributed by atoms with Crippen LogP contribution in [0.25, 0.3) is 0 Å². The maximum absolute atomic E-state index is 10.4. The number of phenolic OH excluding ortho intramolecular Hbond substituents is 1. The van der Waals surface area contributed by atoms with Crippen LogP contribution >= 0.6 is 0 Å². The zero-order valence-electron chi connectivity index (χ0n) is 11.8. The van der Waals surface area contributed by atoms with Gasteiger partial charge < -0.3 is 20.8 Å². The number of anilines is 1. The molecule has 0 spiro atoms. The van der Waals surface area contributed by atoms with E-state index in [9.17, 15) is 10.2 Å². The Morgan fingerprint density at radius 3 is 2.53 bits per heavy atom. The van der Waals surface area contributed by atoms with Crippen LogP contribution in [0.4, 0.5) is 5.69 Å². The fourth-order valence-corrected chi connectivity index (χ4v) is 2.88. The summed E-state index contributed by atoms with van der Waals surface area (Å²) in [6, 6.07) is 5.33. The number of aliphatic hydroxyl groups is 1. The molecule has 1 saturated carbocycles. The average molecular weight is 264 g/mol. The highest BCUT2D eigenvalue weighted by atomic mass is 16.3. The lowest BCUT2D eigenvalue weighted by molar-refractivity contribution is 0.0559. The summed E-state index contributed by atoms with van der Waals surface area (Å²) >= 11 is 0. The van der Waals surface area contributed by atoms with Gasteiger partial charge in [-0.25, -0.2) is 0 Å². The number of likely N-dealkylation sites (N-methyl/N-ethyl adjacent to an activating group) is 1. The van der Waals surface area contributed by atoms with E-state index in [-0.39, 0.29) is 11.8 Å². The molecule has 4 N–H and O–H groups in total. The van der Waals surface area contributed by atoms with Gasteiger partial charge in [-0.05, 0) is 25.8 Å². The Labute approximate surface area is 114 Å². The highest BCUT2D eigenvalue weighted by molar-refractivity contribution is 5.53. The normalized spacial score (nSPS) is 19.4. The van der Waals surface area contributed by atoms with Crippen LogP contribution in [0.3, 0.4) is 0 Å². The van der Waals surface area contributed by atoms with Crippen molar-refractivity contribution in [2.45, 2.75) is 44.2 Å². The number of rotatable bonds is 4. The van der Waals surface area contributed by atoms with Gasteiger partial charge in [0.05, 0.1) is 5.60 Å². The molecular weight excluding hydrogens is 240 g/mol. The van der Waals surface area contributed by atoms with Gasteiger partial charge in [-0.1, -0.05) is 18.9 Å². The molecule has 0 heterocycles. The Balaban J connectivity index is 2.11. The van der Waals surface area contributed by atoms with Crippen molar-refractivity contribution < 1.29 is 10.2 Å². The Morgan fingerprint density at radius 1 is 1.37 bits per heavy atom. The maximum atomic E-state index is 10.4. The van der Waals surface area contributed by atoms with Crippen molar-refractivity contribution in [3.8, 4) is 5.75 Å². The van der Waals surface area contributed by atoms with Crippen LogP contribution in [0, 0.1) is 0 Å². The van der Waals surface area contributed by atoms with Crippen LogP contribution in [-0.4, -0.2) is 29.4 Å². The zero-order valence-corrected chi connectivity index (χ0v) is 11.8. The first kappa shape index (κ1) is 14.2. The number of benzene rings is 1. The highest BCUT2D eigenvalue weighted by Gasteiger charge is 2.32. The van der Waals surface area contributed by atoms with Crippen molar-refractivity contribution in [3.05, 3.63) is 23.8 Å². The van der Waals surface area contributed by atoms with Crippen LogP contribution < -0.4 is 10.6 Å². The molecule has 1 aromatic carbocycles. The quantitative estimate of drug-likeness (QED) is 0.779. The average Bonchev–Trinajstić information content (AvgIpc) is 2.75. The summed E-state index contributed by atoms with van der Waals surface area (Å²) in [7, 11) is 1.94. The molecule has 0 radical (unpaired) electrons. The van der Waals surface area contributed by atoms with Gasteiger partial charge >= 0.3 is 0 Å². The third-order valence-electron chi connectivity index (χ3n) is 4.01. The second-order valence-electron chi connectivity index (χ2n) is 5.82. The van der Waals surface area contributed by atoms with E-state index < -0.39 is 5.60 Å². The van der Waals surface area contributed by atoms with Crippen LogP contribution in [-0.2, 0) is 0 Å². The van der Waals surface area contributed by atoms with Crippen molar-refractivity contribution in [2.75, 3.05) is 18.5 Å². The standard InChI is InChI=1S/C15H24N2O2/c1-11(16)13-6-5-12(9-14(13)18)17(2)10-15(19)7-3-4-8-15/h5-6,9,11,18-19H,3-4,7-8,10,16H2,1-2H3. The van der Waals surface area contributed by atoms with E-state index in [1.54, 1.807) is 6.07 Å². The van der Waals surface area contributed by atoms with Gasteiger partial charge in [0.15, 0.2) is 0 Å². The summed E-state index contributed by atoms with van der Waals surface area (Å²) < 4.78 is 0. The van der Waals surface area contributed by atoms with E-state index in [0.717, 1.165) is 36.9 Å². The predicted molar refractivity (Wildman–Crippen MR) is 77.4 cm³/mol. The van der Waals surface area contributed by atoms with Gasteiger partial charge in [-0.2, -0.15) is 0 Å². The lowest BCUT2D eigenvalue weighted by Crippen LogP contribution is -2.39. The second-order valence-corrected chi connectivity index (χ2v) is 5.82. The second kappa shape index (κ2) is 5.39. The number of aromatic hydroxyl groups is 1. The maximum Gasteiger partial charge on any atom is 0.122 e. The molecule has 2 rings (SSSR count). The van der Waals surface area contributed by atoms with Gasteiger partial charge in [0.2, 0.25) is 0 Å². The van der Waals surface area contributed by atoms with Gasteiger partial charge in [-0.15, -0.1) is 0 Å². The summed E-state index contributed by atoms with van der Waals surface area (Å²) in [4.78, 5) is 2.00. The summed E-state index contributed by atoms with van der Waals surface area (Å²) in [6.07, 6.45) is 3.92. The number of phenols is 1.